The average Bonchev–Trinajstić information content (AvgIpc) is 2.51. The molecule has 0 spiro atoms. The van der Waals surface area contributed by atoms with E-state index in [1.54, 1.807) is 11.7 Å². The van der Waals surface area contributed by atoms with Crippen LogP contribution < -0.4 is 5.14 Å². The normalized spacial score (nSPS) is 14.2. The average molecular weight is 219 g/mol. The molecule has 0 saturated carbocycles. The van der Waals surface area contributed by atoms with Crippen LogP contribution in [0.3, 0.4) is 0 Å². The first-order valence-electron chi connectivity index (χ1n) is 4.00. The fourth-order valence-electron chi connectivity index (χ4n) is 1.03. The molecule has 80 valence electrons. The molecular formula is C7H13N3O3S. The molecule has 0 aliphatic rings. The quantitative estimate of drug-likeness (QED) is 0.755. The third-order valence-electron chi connectivity index (χ3n) is 1.79. The number of aromatic nitrogens is 2. The Morgan fingerprint density at radius 2 is 2.36 bits per heavy atom. The van der Waals surface area contributed by atoms with Crippen molar-refractivity contribution in [3.05, 3.63) is 12.5 Å². The molecule has 1 aromatic heterocycles. The molecule has 14 heavy (non-hydrogen) atoms. The zero-order chi connectivity index (χ0) is 10.8. The van der Waals surface area contributed by atoms with E-state index in [4.69, 9.17) is 9.88 Å². The van der Waals surface area contributed by atoms with E-state index >= 15 is 0 Å². The standard InChI is InChI=1S/C7H13N3O3S/c1-6(4-13-2)10-3-7(9-5-10)14(8,11)12/h3,5-6H,4H2,1-2H3,(H2,8,11,12). The van der Waals surface area contributed by atoms with Crippen LogP contribution >= 0.6 is 0 Å². The summed E-state index contributed by atoms with van der Waals surface area (Å²) in [6.45, 7) is 2.37. The molecule has 0 aliphatic heterocycles. The van der Waals surface area contributed by atoms with Gasteiger partial charge in [0.2, 0.25) is 0 Å². The van der Waals surface area contributed by atoms with Gasteiger partial charge in [0.15, 0.2) is 5.03 Å². The molecule has 0 bridgehead atoms. The predicted molar refractivity (Wildman–Crippen MR) is 50.2 cm³/mol. The van der Waals surface area contributed by atoms with E-state index in [1.807, 2.05) is 6.92 Å². The minimum atomic E-state index is -3.70. The topological polar surface area (TPSA) is 87.2 Å². The number of imidazole rings is 1. The molecular weight excluding hydrogens is 206 g/mol. The maximum absolute atomic E-state index is 10.9. The number of ether oxygens (including phenoxy) is 1. The summed E-state index contributed by atoms with van der Waals surface area (Å²) >= 11 is 0. The number of primary sulfonamides is 1. The summed E-state index contributed by atoms with van der Waals surface area (Å²) in [5.74, 6) is 0. The van der Waals surface area contributed by atoms with Gasteiger partial charge in [-0.25, -0.2) is 18.5 Å². The number of hydrogen-bond acceptors (Lipinski definition) is 4. The van der Waals surface area contributed by atoms with Gasteiger partial charge in [-0.2, -0.15) is 0 Å². The highest BCUT2D eigenvalue weighted by molar-refractivity contribution is 7.89. The molecule has 0 aliphatic carbocycles. The minimum absolute atomic E-state index is 0.0306. The highest BCUT2D eigenvalue weighted by Gasteiger charge is 2.13. The molecule has 1 atom stereocenters. The fourth-order valence-corrected chi connectivity index (χ4v) is 1.50. The zero-order valence-electron chi connectivity index (χ0n) is 8.04. The monoisotopic (exact) mass is 219 g/mol. The SMILES string of the molecule is COCC(C)n1cnc(S(N)(=O)=O)c1. The van der Waals surface area contributed by atoms with Crippen molar-refractivity contribution in [3.8, 4) is 0 Å². The second-order valence-electron chi connectivity index (χ2n) is 3.01. The molecule has 0 fully saturated rings. The Bertz CT molecular complexity index is 398. The molecule has 1 unspecified atom stereocenters. The van der Waals surface area contributed by atoms with Crippen molar-refractivity contribution >= 4 is 10.0 Å². The van der Waals surface area contributed by atoms with Crippen molar-refractivity contribution in [2.45, 2.75) is 18.0 Å². The summed E-state index contributed by atoms with van der Waals surface area (Å²) in [5, 5.41) is 4.78. The van der Waals surface area contributed by atoms with Gasteiger partial charge in [-0.1, -0.05) is 0 Å². The third kappa shape index (κ3) is 2.53. The molecule has 2 N–H and O–H groups in total. The van der Waals surface area contributed by atoms with Crippen LogP contribution in [0.25, 0.3) is 0 Å². The van der Waals surface area contributed by atoms with Crippen LogP contribution in [-0.4, -0.2) is 31.7 Å². The van der Waals surface area contributed by atoms with Crippen molar-refractivity contribution in [2.24, 2.45) is 5.14 Å². The first-order chi connectivity index (χ1) is 6.45. The Morgan fingerprint density at radius 3 is 2.79 bits per heavy atom. The van der Waals surface area contributed by atoms with Crippen LogP contribution in [0.5, 0.6) is 0 Å². The molecule has 0 aromatic carbocycles. The van der Waals surface area contributed by atoms with E-state index in [2.05, 4.69) is 4.98 Å². The largest absolute Gasteiger partial charge is 0.383 e. The third-order valence-corrected chi connectivity index (χ3v) is 2.58. The van der Waals surface area contributed by atoms with Crippen LogP contribution in [0.15, 0.2) is 17.6 Å². The van der Waals surface area contributed by atoms with Crippen LogP contribution in [0.4, 0.5) is 0 Å². The number of hydrogen-bond donors (Lipinski definition) is 1. The molecule has 0 radical (unpaired) electrons. The lowest BCUT2D eigenvalue weighted by molar-refractivity contribution is 0.162. The number of methoxy groups -OCH3 is 1. The molecule has 1 rings (SSSR count). The van der Waals surface area contributed by atoms with E-state index in [0.29, 0.717) is 6.61 Å². The van der Waals surface area contributed by atoms with E-state index in [1.165, 1.54) is 12.5 Å². The Morgan fingerprint density at radius 1 is 1.71 bits per heavy atom. The van der Waals surface area contributed by atoms with E-state index in [-0.39, 0.29) is 11.1 Å². The predicted octanol–water partition coefficient (Wildman–Crippen LogP) is -0.262. The van der Waals surface area contributed by atoms with Gasteiger partial charge in [0.25, 0.3) is 10.0 Å². The molecule has 1 aromatic rings. The number of nitrogens with zero attached hydrogens (tertiary/aromatic N) is 2. The lowest BCUT2D eigenvalue weighted by Gasteiger charge is -2.10. The molecule has 7 heteroatoms. The highest BCUT2D eigenvalue weighted by Crippen LogP contribution is 2.09. The molecule has 0 saturated heterocycles. The van der Waals surface area contributed by atoms with Gasteiger partial charge in [-0.3, -0.25) is 0 Å². The Balaban J connectivity index is 2.88. The highest BCUT2D eigenvalue weighted by atomic mass is 32.2. The van der Waals surface area contributed by atoms with Crippen molar-refractivity contribution in [3.63, 3.8) is 0 Å². The maximum Gasteiger partial charge on any atom is 0.257 e. The Kier molecular flexibility index (Phi) is 3.25. The molecule has 1 heterocycles. The lowest BCUT2D eigenvalue weighted by Crippen LogP contribution is -2.13. The fraction of sp³-hybridized carbons (Fsp3) is 0.571. The van der Waals surface area contributed by atoms with Gasteiger partial charge in [-0.15, -0.1) is 0 Å². The van der Waals surface area contributed by atoms with E-state index in [0.717, 1.165) is 0 Å². The van der Waals surface area contributed by atoms with E-state index in [9.17, 15) is 8.42 Å². The van der Waals surface area contributed by atoms with Crippen molar-refractivity contribution in [1.29, 1.82) is 0 Å². The van der Waals surface area contributed by atoms with Crippen molar-refractivity contribution in [1.82, 2.24) is 9.55 Å². The smallest absolute Gasteiger partial charge is 0.257 e. The number of rotatable bonds is 4. The first kappa shape index (κ1) is 11.2. The Labute approximate surface area is 82.7 Å². The Hall–Kier alpha value is -0.920. The van der Waals surface area contributed by atoms with Gasteiger partial charge in [0.1, 0.15) is 0 Å². The van der Waals surface area contributed by atoms with Gasteiger partial charge in [0.05, 0.1) is 19.0 Å². The summed E-state index contributed by atoms with van der Waals surface area (Å²) < 4.78 is 28.4. The van der Waals surface area contributed by atoms with Gasteiger partial charge < -0.3 is 9.30 Å². The summed E-state index contributed by atoms with van der Waals surface area (Å²) in [7, 11) is -2.13. The van der Waals surface area contributed by atoms with Crippen LogP contribution in [0, 0.1) is 0 Å². The van der Waals surface area contributed by atoms with Crippen molar-refractivity contribution < 1.29 is 13.2 Å². The van der Waals surface area contributed by atoms with Gasteiger partial charge in [-0.05, 0) is 6.92 Å². The summed E-state index contributed by atoms with van der Waals surface area (Å²) in [6, 6.07) is 0.0306. The number of nitrogens with two attached hydrogens (primary N) is 1. The second-order valence-corrected chi connectivity index (χ2v) is 4.52. The molecule has 0 amide bonds. The van der Waals surface area contributed by atoms with E-state index < -0.39 is 10.0 Å². The first-order valence-corrected chi connectivity index (χ1v) is 5.55. The van der Waals surface area contributed by atoms with Crippen LogP contribution in [-0.2, 0) is 14.8 Å². The lowest BCUT2D eigenvalue weighted by atomic mass is 10.4. The summed E-state index contributed by atoms with van der Waals surface area (Å²) in [5.41, 5.74) is 0. The van der Waals surface area contributed by atoms with Crippen LogP contribution in [0.1, 0.15) is 13.0 Å². The summed E-state index contributed by atoms with van der Waals surface area (Å²) in [6.07, 6.45) is 2.81. The van der Waals surface area contributed by atoms with Gasteiger partial charge in [0, 0.05) is 13.3 Å². The minimum Gasteiger partial charge on any atom is -0.383 e. The van der Waals surface area contributed by atoms with Gasteiger partial charge >= 0.3 is 0 Å². The molecule has 6 nitrogen and oxygen atoms in total. The zero-order valence-corrected chi connectivity index (χ0v) is 8.86. The number of sulfonamides is 1. The summed E-state index contributed by atoms with van der Waals surface area (Å²) in [4.78, 5) is 3.69. The van der Waals surface area contributed by atoms with Crippen molar-refractivity contribution in [2.75, 3.05) is 13.7 Å². The van der Waals surface area contributed by atoms with Crippen LogP contribution in [0.2, 0.25) is 0 Å². The second kappa shape index (κ2) is 4.07. The maximum atomic E-state index is 10.9.